The third-order valence-electron chi connectivity index (χ3n) is 9.18. The lowest BCUT2D eigenvalue weighted by Crippen LogP contribution is -2.59. The van der Waals surface area contributed by atoms with Gasteiger partial charge in [0.2, 0.25) is 59.1 Å². The SMILES string of the molecule is CC(C)C[C@H](NC(=O)CN)C(=O)N[C@@H](CCC(N)=O)C(=O)N[C@@H](CC(C)C)C(=O)NCC(=O)N[C@H](C(=O)N[C@@H](CCC(N)=O)C(=O)N[C@@H](C)C(=O)N[C@H](C(=O)O)C(C)C)C(C)C. The van der Waals surface area contributed by atoms with Crippen molar-refractivity contribution in [1.29, 1.82) is 0 Å². The minimum Gasteiger partial charge on any atom is -0.480 e. The van der Waals surface area contributed by atoms with E-state index in [9.17, 15) is 57.8 Å². The van der Waals surface area contributed by atoms with Gasteiger partial charge in [0.1, 0.15) is 42.3 Å². The Hall–Kier alpha value is -5.87. The minimum absolute atomic E-state index is 0.0535. The maximum atomic E-state index is 13.6. The Morgan fingerprint density at radius 1 is 0.468 bits per heavy atom. The Balaban J connectivity index is 5.99. The van der Waals surface area contributed by atoms with E-state index in [0.717, 1.165) is 0 Å². The molecule has 0 radical (unpaired) electrons. The van der Waals surface area contributed by atoms with Gasteiger partial charge in [-0.05, 0) is 56.3 Å². The normalized spacial score (nSPS) is 14.5. The Morgan fingerprint density at radius 2 is 0.887 bits per heavy atom. The lowest BCUT2D eigenvalue weighted by Gasteiger charge is -2.27. The molecule has 0 aromatic carbocycles. The van der Waals surface area contributed by atoms with E-state index in [1.54, 1.807) is 41.5 Å². The number of carbonyl (C=O) groups is 11. The summed E-state index contributed by atoms with van der Waals surface area (Å²) in [4.78, 5) is 140. The number of carboxylic acid groups (broad SMARTS) is 1. The standard InChI is InChI=1S/C39H69N11O12/c1-18(2)14-25(48-36(58)24(11-13-28(42)52)46-37(59)26(15-19(3)4)45-29(53)16-40)34(56)43-17-30(54)49-31(20(5)6)38(60)47-23(10-12-27(41)51)35(57)44-22(9)33(55)50-32(21(7)8)39(61)62/h18-26,31-32H,10-17,40H2,1-9H3,(H2,41,51)(H2,42,52)(H,43,56)(H,44,57)(H,45,53)(H,46,59)(H,47,60)(H,48,58)(H,49,54)(H,50,55)(H,61,62)/t22-,23-,24-,25-,26-,31-,32-/m0/s1. The fourth-order valence-corrected chi connectivity index (χ4v) is 5.80. The van der Waals surface area contributed by atoms with Crippen molar-refractivity contribution in [3.8, 4) is 0 Å². The molecule has 0 saturated heterocycles. The number of carboxylic acids is 1. The molecule has 0 heterocycles. The van der Waals surface area contributed by atoms with E-state index < -0.39 is 126 Å². The molecule has 0 spiro atoms. The predicted octanol–water partition coefficient (Wildman–Crippen LogP) is -3.51. The predicted molar refractivity (Wildman–Crippen MR) is 224 cm³/mol. The first-order valence-corrected chi connectivity index (χ1v) is 20.6. The first-order valence-electron chi connectivity index (χ1n) is 20.6. The van der Waals surface area contributed by atoms with Gasteiger partial charge in [-0.1, -0.05) is 55.4 Å². The Labute approximate surface area is 362 Å². The second-order valence-electron chi connectivity index (χ2n) is 16.6. The molecule has 23 heteroatoms. The van der Waals surface area contributed by atoms with Gasteiger partial charge in [-0.25, -0.2) is 4.79 Å². The van der Waals surface area contributed by atoms with Crippen LogP contribution in [0.5, 0.6) is 0 Å². The number of aliphatic carboxylic acids is 1. The van der Waals surface area contributed by atoms with Crippen molar-refractivity contribution in [2.75, 3.05) is 13.1 Å². The van der Waals surface area contributed by atoms with Crippen LogP contribution in [-0.4, -0.2) is 126 Å². The minimum atomic E-state index is -1.42. The molecule has 15 N–H and O–H groups in total. The van der Waals surface area contributed by atoms with Gasteiger partial charge in [-0.2, -0.15) is 0 Å². The van der Waals surface area contributed by atoms with Crippen molar-refractivity contribution in [3.63, 3.8) is 0 Å². The summed E-state index contributed by atoms with van der Waals surface area (Å²) in [5.74, 6) is -10.5. The summed E-state index contributed by atoms with van der Waals surface area (Å²) >= 11 is 0. The van der Waals surface area contributed by atoms with Gasteiger partial charge < -0.3 is 64.8 Å². The molecule has 7 atom stereocenters. The number of rotatable bonds is 29. The van der Waals surface area contributed by atoms with Crippen molar-refractivity contribution in [2.45, 2.75) is 143 Å². The summed E-state index contributed by atoms with van der Waals surface area (Å²) in [5.41, 5.74) is 16.0. The summed E-state index contributed by atoms with van der Waals surface area (Å²) < 4.78 is 0. The molecule has 0 aliphatic carbocycles. The van der Waals surface area contributed by atoms with E-state index in [4.69, 9.17) is 17.2 Å². The average Bonchev–Trinajstić information content (AvgIpc) is 3.15. The van der Waals surface area contributed by atoms with Crippen molar-refractivity contribution in [2.24, 2.45) is 40.9 Å². The number of carbonyl (C=O) groups excluding carboxylic acids is 10. The summed E-state index contributed by atoms with van der Waals surface area (Å²) in [6.45, 7) is 13.7. The summed E-state index contributed by atoms with van der Waals surface area (Å²) in [6.07, 6.45) is -0.928. The molecule has 0 bridgehead atoms. The van der Waals surface area contributed by atoms with Crippen LogP contribution in [0.1, 0.15) is 101 Å². The van der Waals surface area contributed by atoms with E-state index in [2.05, 4.69) is 42.5 Å². The monoisotopic (exact) mass is 884 g/mol. The van der Waals surface area contributed by atoms with Crippen LogP contribution >= 0.6 is 0 Å². The number of amides is 10. The van der Waals surface area contributed by atoms with Crippen LogP contribution in [0.25, 0.3) is 0 Å². The molecule has 352 valence electrons. The molecule has 0 saturated carbocycles. The van der Waals surface area contributed by atoms with Crippen LogP contribution in [0, 0.1) is 23.7 Å². The van der Waals surface area contributed by atoms with Gasteiger partial charge >= 0.3 is 5.97 Å². The van der Waals surface area contributed by atoms with Crippen molar-refractivity contribution in [3.05, 3.63) is 0 Å². The van der Waals surface area contributed by atoms with Crippen molar-refractivity contribution < 1.29 is 57.8 Å². The first kappa shape index (κ1) is 56.1. The maximum absolute atomic E-state index is 13.6. The number of nitrogens with two attached hydrogens (primary N) is 3. The van der Waals surface area contributed by atoms with Crippen LogP contribution in [-0.2, 0) is 52.7 Å². The Bertz CT molecular complexity index is 1600. The van der Waals surface area contributed by atoms with E-state index in [-0.39, 0.29) is 56.9 Å². The number of hydrogen-bond acceptors (Lipinski definition) is 12. The highest BCUT2D eigenvalue weighted by Gasteiger charge is 2.33. The van der Waals surface area contributed by atoms with Crippen LogP contribution in [0.3, 0.4) is 0 Å². The third-order valence-corrected chi connectivity index (χ3v) is 9.18. The molecule has 0 fully saturated rings. The molecule has 0 rings (SSSR count). The van der Waals surface area contributed by atoms with E-state index in [0.29, 0.717) is 0 Å². The molecule has 0 aromatic rings. The second kappa shape index (κ2) is 27.9. The van der Waals surface area contributed by atoms with Gasteiger partial charge in [0, 0.05) is 12.8 Å². The first-order chi connectivity index (χ1) is 28.7. The van der Waals surface area contributed by atoms with E-state index in [1.165, 1.54) is 6.92 Å². The molecular weight excluding hydrogens is 814 g/mol. The van der Waals surface area contributed by atoms with Gasteiger partial charge in [0.05, 0.1) is 13.1 Å². The molecule has 0 aliphatic heterocycles. The Morgan fingerprint density at radius 3 is 1.31 bits per heavy atom. The average molecular weight is 884 g/mol. The molecule has 23 nitrogen and oxygen atoms in total. The summed E-state index contributed by atoms with van der Waals surface area (Å²) in [6, 6.07) is -8.89. The molecule has 10 amide bonds. The zero-order chi connectivity index (χ0) is 48.0. The third kappa shape index (κ3) is 22.1. The zero-order valence-corrected chi connectivity index (χ0v) is 37.2. The van der Waals surface area contributed by atoms with Crippen LogP contribution < -0.4 is 59.7 Å². The largest absolute Gasteiger partial charge is 0.480 e. The van der Waals surface area contributed by atoms with Crippen molar-refractivity contribution in [1.82, 2.24) is 42.5 Å². The smallest absolute Gasteiger partial charge is 0.326 e. The molecule has 0 aliphatic rings. The zero-order valence-electron chi connectivity index (χ0n) is 37.2. The van der Waals surface area contributed by atoms with Gasteiger partial charge in [-0.3, -0.25) is 47.9 Å². The number of hydrogen-bond donors (Lipinski definition) is 12. The lowest BCUT2D eigenvalue weighted by molar-refractivity contribution is -0.143. The highest BCUT2D eigenvalue weighted by Crippen LogP contribution is 2.10. The summed E-state index contributed by atoms with van der Waals surface area (Å²) in [5, 5.41) is 29.1. The fraction of sp³-hybridized carbons (Fsp3) is 0.718. The second-order valence-corrected chi connectivity index (χ2v) is 16.6. The summed E-state index contributed by atoms with van der Waals surface area (Å²) in [7, 11) is 0. The van der Waals surface area contributed by atoms with Gasteiger partial charge in [0.25, 0.3) is 0 Å². The van der Waals surface area contributed by atoms with Crippen LogP contribution in [0.4, 0.5) is 0 Å². The topological polar surface area (TPSA) is 382 Å². The fourth-order valence-electron chi connectivity index (χ4n) is 5.80. The van der Waals surface area contributed by atoms with Crippen molar-refractivity contribution >= 4 is 65.0 Å². The Kier molecular flexibility index (Phi) is 25.2. The quantitative estimate of drug-likeness (QED) is 0.0347. The highest BCUT2D eigenvalue weighted by molar-refractivity contribution is 5.97. The number of primary amides is 2. The molecule has 0 aromatic heterocycles. The maximum Gasteiger partial charge on any atom is 0.326 e. The van der Waals surface area contributed by atoms with Gasteiger partial charge in [0.15, 0.2) is 0 Å². The molecule has 62 heavy (non-hydrogen) atoms. The van der Waals surface area contributed by atoms with Gasteiger partial charge in [-0.15, -0.1) is 0 Å². The van der Waals surface area contributed by atoms with Crippen LogP contribution in [0.15, 0.2) is 0 Å². The van der Waals surface area contributed by atoms with E-state index >= 15 is 0 Å². The van der Waals surface area contributed by atoms with E-state index in [1.807, 2.05) is 13.8 Å². The molecule has 0 unspecified atom stereocenters. The number of nitrogens with one attached hydrogen (secondary N) is 8. The lowest BCUT2D eigenvalue weighted by atomic mass is 10.0. The van der Waals surface area contributed by atoms with Crippen LogP contribution in [0.2, 0.25) is 0 Å². The molecular formula is C39H69N11O12. The highest BCUT2D eigenvalue weighted by atomic mass is 16.4.